The van der Waals surface area contributed by atoms with Crippen molar-refractivity contribution in [2.45, 2.75) is 38.2 Å². The van der Waals surface area contributed by atoms with E-state index < -0.39 is 15.9 Å². The molecule has 9 heteroatoms. The Hall–Kier alpha value is -2.23. The number of amides is 1. The van der Waals surface area contributed by atoms with Crippen LogP contribution in [0.25, 0.3) is 10.2 Å². The zero-order valence-corrected chi connectivity index (χ0v) is 17.3. The van der Waals surface area contributed by atoms with Crippen LogP contribution in [0.4, 0.5) is 5.13 Å². The van der Waals surface area contributed by atoms with Gasteiger partial charge in [0.2, 0.25) is 5.09 Å². The van der Waals surface area contributed by atoms with Crippen molar-refractivity contribution in [3.05, 3.63) is 41.2 Å². The molecule has 1 amide bonds. The first kappa shape index (κ1) is 19.1. The van der Waals surface area contributed by atoms with Gasteiger partial charge in [0.25, 0.3) is 15.9 Å². The smallest absolute Gasteiger partial charge is 0.293 e. The first-order chi connectivity index (χ1) is 13.3. The van der Waals surface area contributed by atoms with Gasteiger partial charge in [-0.05, 0) is 56.0 Å². The van der Waals surface area contributed by atoms with Gasteiger partial charge in [-0.2, -0.15) is 4.31 Å². The van der Waals surface area contributed by atoms with E-state index in [4.69, 9.17) is 4.42 Å². The molecule has 28 heavy (non-hydrogen) atoms. The van der Waals surface area contributed by atoms with Crippen LogP contribution in [-0.4, -0.2) is 36.7 Å². The number of benzene rings is 1. The average molecular weight is 420 g/mol. The van der Waals surface area contributed by atoms with Crippen molar-refractivity contribution in [3.8, 4) is 0 Å². The number of hydrogen-bond donors (Lipinski definition) is 1. The molecule has 1 aromatic carbocycles. The molecule has 0 aliphatic carbocycles. The van der Waals surface area contributed by atoms with Crippen molar-refractivity contribution in [1.29, 1.82) is 0 Å². The molecule has 0 saturated carbocycles. The van der Waals surface area contributed by atoms with E-state index in [1.807, 2.05) is 26.0 Å². The van der Waals surface area contributed by atoms with Crippen LogP contribution in [0.15, 0.2) is 33.8 Å². The number of aryl methyl sites for hydroxylation is 2. The highest BCUT2D eigenvalue weighted by molar-refractivity contribution is 7.89. The molecule has 1 fully saturated rings. The lowest BCUT2D eigenvalue weighted by molar-refractivity contribution is 0.0991. The van der Waals surface area contributed by atoms with E-state index >= 15 is 0 Å². The van der Waals surface area contributed by atoms with Crippen molar-refractivity contribution < 1.29 is 17.6 Å². The number of sulfonamides is 1. The van der Waals surface area contributed by atoms with Crippen LogP contribution in [-0.2, 0) is 10.0 Å². The molecule has 3 aromatic rings. The number of anilines is 1. The minimum atomic E-state index is -3.70. The molecule has 3 heterocycles. The SMILES string of the molecule is Cc1cc(C)c2nc(NC(=O)c3ccc(S(=O)(=O)N4CCCCC4)o3)sc2c1. The summed E-state index contributed by atoms with van der Waals surface area (Å²) in [6.07, 6.45) is 2.70. The Balaban J connectivity index is 1.54. The number of furan rings is 1. The van der Waals surface area contributed by atoms with Crippen molar-refractivity contribution in [1.82, 2.24) is 9.29 Å². The van der Waals surface area contributed by atoms with E-state index in [0.29, 0.717) is 18.2 Å². The second kappa shape index (κ2) is 7.31. The van der Waals surface area contributed by atoms with Crippen molar-refractivity contribution >= 4 is 42.6 Å². The summed E-state index contributed by atoms with van der Waals surface area (Å²) in [7, 11) is -3.70. The Labute approximate surface area is 167 Å². The maximum Gasteiger partial charge on any atom is 0.293 e. The fourth-order valence-electron chi connectivity index (χ4n) is 3.40. The van der Waals surface area contributed by atoms with Crippen molar-refractivity contribution in [3.63, 3.8) is 0 Å². The summed E-state index contributed by atoms with van der Waals surface area (Å²) in [5.74, 6) is -0.573. The molecule has 0 spiro atoms. The fourth-order valence-corrected chi connectivity index (χ4v) is 5.86. The summed E-state index contributed by atoms with van der Waals surface area (Å²) < 4.78 is 33.1. The van der Waals surface area contributed by atoms with Crippen LogP contribution in [0.1, 0.15) is 40.9 Å². The van der Waals surface area contributed by atoms with Crippen LogP contribution in [0.3, 0.4) is 0 Å². The van der Waals surface area contributed by atoms with Crippen molar-refractivity contribution in [2.75, 3.05) is 18.4 Å². The first-order valence-corrected chi connectivity index (χ1v) is 11.4. The predicted molar refractivity (Wildman–Crippen MR) is 108 cm³/mol. The second-order valence-electron chi connectivity index (χ2n) is 6.99. The van der Waals surface area contributed by atoms with E-state index in [1.165, 1.54) is 27.8 Å². The molecular formula is C19H21N3O4S2. The van der Waals surface area contributed by atoms with Gasteiger partial charge in [0, 0.05) is 13.1 Å². The number of hydrogen-bond acceptors (Lipinski definition) is 6. The van der Waals surface area contributed by atoms with Crippen LogP contribution in [0.5, 0.6) is 0 Å². The van der Waals surface area contributed by atoms with Gasteiger partial charge in [-0.15, -0.1) is 0 Å². The van der Waals surface area contributed by atoms with Gasteiger partial charge < -0.3 is 4.42 Å². The molecule has 1 aliphatic rings. The molecule has 7 nitrogen and oxygen atoms in total. The Morgan fingerprint density at radius 3 is 2.68 bits per heavy atom. The Morgan fingerprint density at radius 1 is 1.18 bits per heavy atom. The monoisotopic (exact) mass is 419 g/mol. The van der Waals surface area contributed by atoms with Gasteiger partial charge in [-0.3, -0.25) is 10.1 Å². The van der Waals surface area contributed by atoms with E-state index in [1.54, 1.807) is 0 Å². The lowest BCUT2D eigenvalue weighted by Gasteiger charge is -2.24. The molecule has 0 atom stereocenters. The number of nitrogens with one attached hydrogen (secondary N) is 1. The van der Waals surface area contributed by atoms with Crippen molar-refractivity contribution in [2.24, 2.45) is 0 Å². The highest BCUT2D eigenvalue weighted by Gasteiger charge is 2.29. The van der Waals surface area contributed by atoms with Crippen LogP contribution in [0, 0.1) is 13.8 Å². The van der Waals surface area contributed by atoms with E-state index in [9.17, 15) is 13.2 Å². The normalized spacial score (nSPS) is 15.8. The maximum absolute atomic E-state index is 12.7. The second-order valence-corrected chi connectivity index (χ2v) is 9.88. The summed E-state index contributed by atoms with van der Waals surface area (Å²) in [6.45, 7) is 4.95. The highest BCUT2D eigenvalue weighted by atomic mass is 32.2. The largest absolute Gasteiger partial charge is 0.438 e. The summed E-state index contributed by atoms with van der Waals surface area (Å²) in [6, 6.07) is 6.78. The average Bonchev–Trinajstić information content (AvgIpc) is 3.30. The Kier molecular flexibility index (Phi) is 4.98. The van der Waals surface area contributed by atoms with Gasteiger partial charge in [-0.1, -0.05) is 23.8 Å². The van der Waals surface area contributed by atoms with Gasteiger partial charge in [0.05, 0.1) is 10.2 Å². The molecule has 1 N–H and O–H groups in total. The number of piperidine rings is 1. The lowest BCUT2D eigenvalue weighted by Crippen LogP contribution is -2.35. The van der Waals surface area contributed by atoms with E-state index in [-0.39, 0.29) is 10.9 Å². The summed E-state index contributed by atoms with van der Waals surface area (Å²) in [4.78, 5) is 17.0. The molecular weight excluding hydrogens is 398 g/mol. The number of aromatic nitrogens is 1. The molecule has 1 aliphatic heterocycles. The third kappa shape index (κ3) is 3.57. The maximum atomic E-state index is 12.7. The van der Waals surface area contributed by atoms with Crippen LogP contribution >= 0.6 is 11.3 Å². The quantitative estimate of drug-likeness (QED) is 0.692. The predicted octanol–water partition coefficient (Wildman–Crippen LogP) is 3.93. The third-order valence-electron chi connectivity index (χ3n) is 4.76. The molecule has 1 saturated heterocycles. The molecule has 0 radical (unpaired) electrons. The molecule has 148 valence electrons. The minimum Gasteiger partial charge on any atom is -0.438 e. The van der Waals surface area contributed by atoms with Gasteiger partial charge in [0.1, 0.15) is 0 Å². The van der Waals surface area contributed by atoms with Gasteiger partial charge in [0.15, 0.2) is 10.9 Å². The van der Waals surface area contributed by atoms with Crippen LogP contribution < -0.4 is 5.32 Å². The zero-order valence-electron chi connectivity index (χ0n) is 15.7. The Bertz CT molecular complexity index is 1140. The first-order valence-electron chi connectivity index (χ1n) is 9.14. The molecule has 2 aromatic heterocycles. The summed E-state index contributed by atoms with van der Waals surface area (Å²) in [5, 5.41) is 2.96. The zero-order chi connectivity index (χ0) is 19.9. The van der Waals surface area contributed by atoms with E-state index in [2.05, 4.69) is 10.3 Å². The number of carbonyl (C=O) groups excluding carboxylic acids is 1. The topological polar surface area (TPSA) is 92.5 Å². The van der Waals surface area contributed by atoms with Gasteiger partial charge >= 0.3 is 0 Å². The summed E-state index contributed by atoms with van der Waals surface area (Å²) >= 11 is 1.37. The molecule has 0 unspecified atom stereocenters. The van der Waals surface area contributed by atoms with Gasteiger partial charge in [-0.25, -0.2) is 13.4 Å². The van der Waals surface area contributed by atoms with E-state index in [0.717, 1.165) is 40.6 Å². The fraction of sp³-hybridized carbons (Fsp3) is 0.368. The number of fused-ring (bicyclic) bond motifs is 1. The van der Waals surface area contributed by atoms with Crippen LogP contribution in [0.2, 0.25) is 0 Å². The Morgan fingerprint density at radius 2 is 1.93 bits per heavy atom. The third-order valence-corrected chi connectivity index (χ3v) is 7.46. The molecule has 4 rings (SSSR count). The minimum absolute atomic E-state index is 0.0530. The number of thiazole rings is 1. The lowest BCUT2D eigenvalue weighted by atomic mass is 10.1. The molecule has 0 bridgehead atoms. The standard InChI is InChI=1S/C19H21N3O4S2/c1-12-10-13(2)17-15(11-12)27-19(20-17)21-18(23)14-6-7-16(26-14)28(24,25)22-8-4-3-5-9-22/h6-7,10-11H,3-5,8-9H2,1-2H3,(H,20,21,23). The summed E-state index contributed by atoms with van der Waals surface area (Å²) in [5.41, 5.74) is 3.02. The number of nitrogens with zero attached hydrogens (tertiary/aromatic N) is 2. The highest BCUT2D eigenvalue weighted by Crippen LogP contribution is 2.30. The number of carbonyl (C=O) groups is 1. The number of rotatable bonds is 4.